The Bertz CT molecular complexity index is 1010. The lowest BCUT2D eigenvalue weighted by molar-refractivity contribution is -0.907. The minimum atomic E-state index is -0.658. The SMILES string of the molecule is Cc1ccc(C)c(C(O)=C2C(=O)C(=O)N(CC[NH+]3CCOCC3)[C@H]2c2cccnc2)c1. The van der Waals surface area contributed by atoms with E-state index in [-0.39, 0.29) is 11.3 Å². The summed E-state index contributed by atoms with van der Waals surface area (Å²) < 4.78 is 5.41. The number of amides is 1. The number of aliphatic hydroxyl groups is 1. The van der Waals surface area contributed by atoms with Gasteiger partial charge in [-0.15, -0.1) is 0 Å². The van der Waals surface area contributed by atoms with E-state index in [1.54, 1.807) is 23.4 Å². The molecule has 7 nitrogen and oxygen atoms in total. The van der Waals surface area contributed by atoms with Crippen LogP contribution in [-0.2, 0) is 14.3 Å². The Morgan fingerprint density at radius 3 is 2.71 bits per heavy atom. The van der Waals surface area contributed by atoms with E-state index in [4.69, 9.17) is 4.74 Å². The van der Waals surface area contributed by atoms with Crippen LogP contribution in [0, 0.1) is 13.8 Å². The van der Waals surface area contributed by atoms with Crippen LogP contribution in [0.3, 0.4) is 0 Å². The number of pyridine rings is 1. The summed E-state index contributed by atoms with van der Waals surface area (Å²) in [4.78, 5) is 33.3. The second-order valence-electron chi connectivity index (χ2n) is 8.21. The molecule has 2 N–H and O–H groups in total. The molecule has 0 saturated carbocycles. The number of quaternary nitrogens is 1. The van der Waals surface area contributed by atoms with E-state index in [9.17, 15) is 14.7 Å². The minimum Gasteiger partial charge on any atom is -0.507 e. The van der Waals surface area contributed by atoms with E-state index in [1.807, 2.05) is 38.1 Å². The maximum Gasteiger partial charge on any atom is 0.295 e. The molecule has 2 saturated heterocycles. The van der Waals surface area contributed by atoms with Crippen molar-refractivity contribution in [2.45, 2.75) is 19.9 Å². The number of ether oxygens (including phenoxy) is 1. The second-order valence-corrected chi connectivity index (χ2v) is 8.21. The summed E-state index contributed by atoms with van der Waals surface area (Å²) in [5, 5.41) is 11.2. The molecule has 0 aliphatic carbocycles. The van der Waals surface area contributed by atoms with Crippen molar-refractivity contribution >= 4 is 17.4 Å². The van der Waals surface area contributed by atoms with E-state index < -0.39 is 17.7 Å². The van der Waals surface area contributed by atoms with E-state index >= 15 is 0 Å². The van der Waals surface area contributed by atoms with Crippen molar-refractivity contribution in [2.24, 2.45) is 0 Å². The predicted octanol–water partition coefficient (Wildman–Crippen LogP) is 1.04. The second kappa shape index (κ2) is 8.99. The van der Waals surface area contributed by atoms with Crippen LogP contribution in [0.1, 0.15) is 28.3 Å². The third kappa shape index (κ3) is 4.24. The summed E-state index contributed by atoms with van der Waals surface area (Å²) in [5.74, 6) is -1.35. The highest BCUT2D eigenvalue weighted by Crippen LogP contribution is 2.39. The lowest BCUT2D eigenvalue weighted by Crippen LogP contribution is -3.14. The van der Waals surface area contributed by atoms with Crippen molar-refractivity contribution in [3.63, 3.8) is 0 Å². The summed E-state index contributed by atoms with van der Waals surface area (Å²) in [6, 6.07) is 8.66. The maximum absolute atomic E-state index is 13.1. The van der Waals surface area contributed by atoms with Gasteiger partial charge in [0, 0.05) is 18.0 Å². The Labute approximate surface area is 182 Å². The number of benzene rings is 1. The Morgan fingerprint density at radius 2 is 2.00 bits per heavy atom. The van der Waals surface area contributed by atoms with Gasteiger partial charge in [-0.1, -0.05) is 23.8 Å². The highest BCUT2D eigenvalue weighted by molar-refractivity contribution is 6.46. The Morgan fingerprint density at radius 1 is 1.23 bits per heavy atom. The number of morpholine rings is 1. The van der Waals surface area contributed by atoms with Gasteiger partial charge < -0.3 is 19.6 Å². The zero-order chi connectivity index (χ0) is 22.0. The largest absolute Gasteiger partial charge is 0.507 e. The van der Waals surface area contributed by atoms with Gasteiger partial charge in [0.1, 0.15) is 18.8 Å². The number of hydrogen-bond acceptors (Lipinski definition) is 5. The van der Waals surface area contributed by atoms with E-state index in [2.05, 4.69) is 4.98 Å². The van der Waals surface area contributed by atoms with E-state index in [1.165, 1.54) is 4.90 Å². The summed E-state index contributed by atoms with van der Waals surface area (Å²) in [6.07, 6.45) is 3.31. The van der Waals surface area contributed by atoms with Crippen LogP contribution in [0.25, 0.3) is 5.76 Å². The van der Waals surface area contributed by atoms with Gasteiger partial charge in [-0.05, 0) is 37.1 Å². The first-order chi connectivity index (χ1) is 15.0. The van der Waals surface area contributed by atoms with Crippen LogP contribution in [0.2, 0.25) is 0 Å². The quantitative estimate of drug-likeness (QED) is 0.427. The molecule has 31 heavy (non-hydrogen) atoms. The van der Waals surface area contributed by atoms with Gasteiger partial charge in [-0.3, -0.25) is 14.6 Å². The Hall–Kier alpha value is -3.03. The molecule has 3 heterocycles. The van der Waals surface area contributed by atoms with Gasteiger partial charge in [-0.25, -0.2) is 0 Å². The number of aryl methyl sites for hydroxylation is 2. The van der Waals surface area contributed by atoms with Crippen molar-refractivity contribution in [1.29, 1.82) is 0 Å². The lowest BCUT2D eigenvalue weighted by Gasteiger charge is -2.29. The van der Waals surface area contributed by atoms with Crippen LogP contribution >= 0.6 is 0 Å². The van der Waals surface area contributed by atoms with Gasteiger partial charge in [0.05, 0.1) is 37.9 Å². The van der Waals surface area contributed by atoms with E-state index in [0.717, 1.165) is 30.8 Å². The molecule has 0 spiro atoms. The first-order valence-corrected chi connectivity index (χ1v) is 10.6. The lowest BCUT2D eigenvalue weighted by atomic mass is 9.94. The topological polar surface area (TPSA) is 84.2 Å². The molecule has 0 bridgehead atoms. The average molecular weight is 423 g/mol. The van der Waals surface area contributed by atoms with Crippen molar-refractivity contribution in [3.05, 3.63) is 70.6 Å². The van der Waals surface area contributed by atoms with Gasteiger partial charge in [0.25, 0.3) is 11.7 Å². The Balaban J connectivity index is 1.75. The molecule has 4 rings (SSSR count). The number of hydrogen-bond donors (Lipinski definition) is 2. The molecule has 2 fully saturated rings. The summed E-state index contributed by atoms with van der Waals surface area (Å²) in [5.41, 5.74) is 3.23. The molecule has 1 aromatic heterocycles. The first kappa shape index (κ1) is 21.2. The number of carbonyl (C=O) groups excluding carboxylic acids is 2. The molecule has 1 atom stereocenters. The van der Waals surface area contributed by atoms with E-state index in [0.29, 0.717) is 30.9 Å². The number of carbonyl (C=O) groups is 2. The molecule has 162 valence electrons. The number of Topliss-reactive ketones (excluding diaryl/α,β-unsaturated/α-hetero) is 1. The number of nitrogens with one attached hydrogen (secondary N) is 1. The molecular weight excluding hydrogens is 394 g/mol. The molecule has 2 aliphatic rings. The number of likely N-dealkylation sites (tertiary alicyclic amines) is 1. The van der Waals surface area contributed by atoms with Gasteiger partial charge in [0.2, 0.25) is 0 Å². The molecule has 1 aromatic carbocycles. The van der Waals surface area contributed by atoms with Crippen molar-refractivity contribution < 1.29 is 24.3 Å². The maximum atomic E-state index is 13.1. The molecular formula is C24H28N3O4+. The normalized spacial score (nSPS) is 21.6. The fourth-order valence-electron chi connectivity index (χ4n) is 4.32. The molecule has 0 unspecified atom stereocenters. The van der Waals surface area contributed by atoms with Crippen molar-refractivity contribution in [3.8, 4) is 0 Å². The standard InChI is InChI=1S/C24H27N3O4/c1-16-5-6-17(2)19(14-16)22(28)20-21(18-4-3-7-25-15-18)27(24(30)23(20)29)9-8-26-10-12-31-13-11-26/h3-7,14-15,21,28H,8-13H2,1-2H3/p+1/t21-/m0/s1. The highest BCUT2D eigenvalue weighted by Gasteiger charge is 2.46. The molecule has 0 radical (unpaired) electrons. The minimum absolute atomic E-state index is 0.128. The number of aromatic nitrogens is 1. The first-order valence-electron chi connectivity index (χ1n) is 10.6. The van der Waals surface area contributed by atoms with Crippen molar-refractivity contribution in [1.82, 2.24) is 9.88 Å². The zero-order valence-corrected chi connectivity index (χ0v) is 17.9. The predicted molar refractivity (Wildman–Crippen MR) is 116 cm³/mol. The fraction of sp³-hybridized carbons (Fsp3) is 0.375. The van der Waals surface area contributed by atoms with Crippen molar-refractivity contribution in [2.75, 3.05) is 39.4 Å². The highest BCUT2D eigenvalue weighted by atomic mass is 16.5. The number of nitrogens with zero attached hydrogens (tertiary/aromatic N) is 2. The third-order valence-electron chi connectivity index (χ3n) is 6.09. The van der Waals surface area contributed by atoms with Crippen LogP contribution in [0.4, 0.5) is 0 Å². The number of ketones is 1. The molecule has 1 amide bonds. The van der Waals surface area contributed by atoms with Gasteiger partial charge in [-0.2, -0.15) is 0 Å². The molecule has 2 aromatic rings. The summed E-state index contributed by atoms with van der Waals surface area (Å²) >= 11 is 0. The Kier molecular flexibility index (Phi) is 6.15. The van der Waals surface area contributed by atoms with Crippen LogP contribution < -0.4 is 4.90 Å². The summed E-state index contributed by atoms with van der Waals surface area (Å²) in [7, 11) is 0. The fourth-order valence-corrected chi connectivity index (χ4v) is 4.32. The van der Waals surface area contributed by atoms with Gasteiger partial charge in [0.15, 0.2) is 0 Å². The third-order valence-corrected chi connectivity index (χ3v) is 6.09. The zero-order valence-electron chi connectivity index (χ0n) is 17.9. The molecule has 2 aliphatic heterocycles. The molecule has 7 heteroatoms. The van der Waals surface area contributed by atoms with Crippen LogP contribution in [-0.4, -0.2) is 66.1 Å². The van der Waals surface area contributed by atoms with Gasteiger partial charge >= 0.3 is 0 Å². The number of rotatable bonds is 5. The number of aliphatic hydroxyl groups excluding tert-OH is 1. The average Bonchev–Trinajstić information content (AvgIpc) is 3.05. The van der Waals surface area contributed by atoms with Crippen LogP contribution in [0.15, 0.2) is 48.3 Å². The monoisotopic (exact) mass is 422 g/mol. The summed E-state index contributed by atoms with van der Waals surface area (Å²) in [6.45, 7) is 8.11. The smallest absolute Gasteiger partial charge is 0.295 e. The van der Waals surface area contributed by atoms with Crippen LogP contribution in [0.5, 0.6) is 0 Å².